The van der Waals surface area contributed by atoms with Gasteiger partial charge in [-0.05, 0) is 25.3 Å². The van der Waals surface area contributed by atoms with Crippen molar-refractivity contribution in [3.05, 3.63) is 0 Å². The molecule has 1 unspecified atom stereocenters. The van der Waals surface area contributed by atoms with Crippen molar-refractivity contribution in [3.8, 4) is 0 Å². The van der Waals surface area contributed by atoms with E-state index in [1.54, 1.807) is 0 Å². The van der Waals surface area contributed by atoms with E-state index < -0.39 is 0 Å². The summed E-state index contributed by atoms with van der Waals surface area (Å²) in [5, 5.41) is 21.4. The molecule has 0 aromatic rings. The molecule has 0 amide bonds. The molecule has 0 heterocycles. The summed E-state index contributed by atoms with van der Waals surface area (Å²) >= 11 is 0. The van der Waals surface area contributed by atoms with Gasteiger partial charge >= 0.3 is 0 Å². The van der Waals surface area contributed by atoms with Gasteiger partial charge < -0.3 is 15.5 Å². The molecule has 0 spiro atoms. The standard InChI is InChI=1S/C12H27NO2/c1-4-5-11(6-7-14)8-13-9-12(2,3)10-15/h11,13-15H,4-10H2,1-3H3. The molecule has 0 aliphatic heterocycles. The summed E-state index contributed by atoms with van der Waals surface area (Å²) in [4.78, 5) is 0. The molecule has 0 fully saturated rings. The van der Waals surface area contributed by atoms with Gasteiger partial charge in [0.1, 0.15) is 0 Å². The second kappa shape index (κ2) is 8.08. The molecule has 0 rings (SSSR count). The second-order valence-corrected chi connectivity index (χ2v) is 5.12. The Morgan fingerprint density at radius 1 is 1.20 bits per heavy atom. The zero-order valence-electron chi connectivity index (χ0n) is 10.4. The van der Waals surface area contributed by atoms with E-state index in [0.717, 1.165) is 32.4 Å². The van der Waals surface area contributed by atoms with Crippen LogP contribution < -0.4 is 5.32 Å². The molecular formula is C12H27NO2. The molecular weight excluding hydrogens is 190 g/mol. The van der Waals surface area contributed by atoms with Gasteiger partial charge in [-0.15, -0.1) is 0 Å². The highest BCUT2D eigenvalue weighted by Gasteiger charge is 2.16. The number of rotatable bonds is 9. The predicted molar refractivity (Wildman–Crippen MR) is 63.8 cm³/mol. The van der Waals surface area contributed by atoms with Crippen molar-refractivity contribution in [3.63, 3.8) is 0 Å². The fourth-order valence-corrected chi connectivity index (χ4v) is 1.61. The van der Waals surface area contributed by atoms with Crippen molar-refractivity contribution in [1.82, 2.24) is 5.32 Å². The lowest BCUT2D eigenvalue weighted by Crippen LogP contribution is -2.35. The molecule has 0 aliphatic rings. The molecule has 0 aromatic heterocycles. The first-order chi connectivity index (χ1) is 7.05. The first-order valence-corrected chi connectivity index (χ1v) is 5.98. The summed E-state index contributed by atoms with van der Waals surface area (Å²) in [6.07, 6.45) is 3.20. The zero-order chi connectivity index (χ0) is 11.7. The largest absolute Gasteiger partial charge is 0.396 e. The Kier molecular flexibility index (Phi) is 8.02. The molecule has 3 N–H and O–H groups in total. The highest BCUT2D eigenvalue weighted by atomic mass is 16.3. The topological polar surface area (TPSA) is 52.5 Å². The minimum Gasteiger partial charge on any atom is -0.396 e. The number of nitrogens with one attached hydrogen (secondary N) is 1. The average Bonchev–Trinajstić information content (AvgIpc) is 2.18. The van der Waals surface area contributed by atoms with E-state index in [9.17, 15) is 0 Å². The fraction of sp³-hybridized carbons (Fsp3) is 1.00. The molecule has 1 atom stereocenters. The average molecular weight is 217 g/mol. The van der Waals surface area contributed by atoms with Crippen LogP contribution in [0.5, 0.6) is 0 Å². The molecule has 92 valence electrons. The molecule has 0 saturated carbocycles. The molecule has 0 radical (unpaired) electrons. The van der Waals surface area contributed by atoms with Gasteiger partial charge in [0, 0.05) is 25.2 Å². The van der Waals surface area contributed by atoms with Crippen molar-refractivity contribution in [2.75, 3.05) is 26.3 Å². The summed E-state index contributed by atoms with van der Waals surface area (Å²) < 4.78 is 0. The fourth-order valence-electron chi connectivity index (χ4n) is 1.61. The van der Waals surface area contributed by atoms with Crippen LogP contribution in [0.4, 0.5) is 0 Å². The molecule has 3 heteroatoms. The van der Waals surface area contributed by atoms with E-state index in [1.807, 2.05) is 13.8 Å². The Morgan fingerprint density at radius 3 is 2.33 bits per heavy atom. The van der Waals surface area contributed by atoms with Crippen LogP contribution in [-0.4, -0.2) is 36.5 Å². The Labute approximate surface area is 93.9 Å². The number of hydrogen-bond donors (Lipinski definition) is 3. The van der Waals surface area contributed by atoms with E-state index in [1.165, 1.54) is 0 Å². The lowest BCUT2D eigenvalue weighted by molar-refractivity contribution is 0.153. The number of hydrogen-bond acceptors (Lipinski definition) is 3. The maximum atomic E-state index is 9.09. The molecule has 15 heavy (non-hydrogen) atoms. The Bertz CT molecular complexity index is 143. The summed E-state index contributed by atoms with van der Waals surface area (Å²) in [5.41, 5.74) is -0.0457. The third-order valence-electron chi connectivity index (χ3n) is 2.70. The van der Waals surface area contributed by atoms with Crippen LogP contribution in [0.3, 0.4) is 0 Å². The van der Waals surface area contributed by atoms with E-state index >= 15 is 0 Å². The SMILES string of the molecule is CCCC(CCO)CNCC(C)(C)CO. The van der Waals surface area contributed by atoms with E-state index in [2.05, 4.69) is 12.2 Å². The lowest BCUT2D eigenvalue weighted by Gasteiger charge is -2.24. The summed E-state index contributed by atoms with van der Waals surface area (Å²) in [7, 11) is 0. The lowest BCUT2D eigenvalue weighted by atomic mass is 9.94. The molecule has 0 aliphatic carbocycles. The first kappa shape index (κ1) is 14.9. The van der Waals surface area contributed by atoms with Crippen molar-refractivity contribution in [2.45, 2.75) is 40.0 Å². The van der Waals surface area contributed by atoms with Crippen LogP contribution in [-0.2, 0) is 0 Å². The van der Waals surface area contributed by atoms with Gasteiger partial charge in [-0.3, -0.25) is 0 Å². The van der Waals surface area contributed by atoms with Gasteiger partial charge in [0.05, 0.1) is 0 Å². The molecule has 3 nitrogen and oxygen atoms in total. The zero-order valence-corrected chi connectivity index (χ0v) is 10.4. The van der Waals surface area contributed by atoms with Crippen LogP contribution in [0, 0.1) is 11.3 Å². The van der Waals surface area contributed by atoms with Crippen LogP contribution in [0.2, 0.25) is 0 Å². The van der Waals surface area contributed by atoms with E-state index in [4.69, 9.17) is 10.2 Å². The molecule has 0 aromatic carbocycles. The Morgan fingerprint density at radius 2 is 1.87 bits per heavy atom. The van der Waals surface area contributed by atoms with Gasteiger partial charge in [0.2, 0.25) is 0 Å². The normalized spacial score (nSPS) is 14.2. The van der Waals surface area contributed by atoms with Crippen LogP contribution in [0.1, 0.15) is 40.0 Å². The van der Waals surface area contributed by atoms with Gasteiger partial charge in [-0.25, -0.2) is 0 Å². The summed E-state index contributed by atoms with van der Waals surface area (Å²) in [5.74, 6) is 0.564. The Hall–Kier alpha value is -0.120. The van der Waals surface area contributed by atoms with Crippen LogP contribution >= 0.6 is 0 Å². The minimum absolute atomic E-state index is 0.0457. The molecule has 0 saturated heterocycles. The Balaban J connectivity index is 3.69. The van der Waals surface area contributed by atoms with Crippen molar-refractivity contribution >= 4 is 0 Å². The van der Waals surface area contributed by atoms with Gasteiger partial charge in [0.15, 0.2) is 0 Å². The second-order valence-electron chi connectivity index (χ2n) is 5.12. The highest BCUT2D eigenvalue weighted by Crippen LogP contribution is 2.13. The first-order valence-electron chi connectivity index (χ1n) is 5.98. The van der Waals surface area contributed by atoms with E-state index in [0.29, 0.717) is 5.92 Å². The van der Waals surface area contributed by atoms with Crippen molar-refractivity contribution in [2.24, 2.45) is 11.3 Å². The van der Waals surface area contributed by atoms with Gasteiger partial charge in [-0.2, -0.15) is 0 Å². The maximum Gasteiger partial charge on any atom is 0.0494 e. The summed E-state index contributed by atoms with van der Waals surface area (Å²) in [6, 6.07) is 0. The quantitative estimate of drug-likeness (QED) is 0.547. The molecule has 0 bridgehead atoms. The summed E-state index contributed by atoms with van der Waals surface area (Å²) in [6.45, 7) is 8.50. The highest BCUT2D eigenvalue weighted by molar-refractivity contribution is 4.71. The van der Waals surface area contributed by atoms with Crippen molar-refractivity contribution < 1.29 is 10.2 Å². The van der Waals surface area contributed by atoms with Crippen LogP contribution in [0.25, 0.3) is 0 Å². The van der Waals surface area contributed by atoms with Crippen molar-refractivity contribution in [1.29, 1.82) is 0 Å². The monoisotopic (exact) mass is 217 g/mol. The minimum atomic E-state index is -0.0457. The van der Waals surface area contributed by atoms with E-state index in [-0.39, 0.29) is 18.6 Å². The third kappa shape index (κ3) is 7.77. The maximum absolute atomic E-state index is 9.09. The van der Waals surface area contributed by atoms with Gasteiger partial charge in [0.25, 0.3) is 0 Å². The van der Waals surface area contributed by atoms with Gasteiger partial charge in [-0.1, -0.05) is 27.2 Å². The number of aliphatic hydroxyl groups excluding tert-OH is 2. The predicted octanol–water partition coefficient (Wildman–Crippen LogP) is 1.39. The van der Waals surface area contributed by atoms with Crippen LogP contribution in [0.15, 0.2) is 0 Å². The third-order valence-corrected chi connectivity index (χ3v) is 2.70. The smallest absolute Gasteiger partial charge is 0.0494 e. The number of aliphatic hydroxyl groups is 2.